The van der Waals surface area contributed by atoms with Crippen LogP contribution in [-0.4, -0.2) is 25.3 Å². The fourth-order valence-electron chi connectivity index (χ4n) is 0.739. The number of hydrogen-bond acceptors (Lipinski definition) is 3. The molecule has 0 heterocycles. The minimum Gasteiger partial charge on any atom is -0.390 e. The maximum absolute atomic E-state index is 10.7. The van der Waals surface area contributed by atoms with Gasteiger partial charge in [0.25, 0.3) is 0 Å². The SMILES string of the molecule is C=C(CC(NC)C(N)=O)N=CN. The van der Waals surface area contributed by atoms with Crippen molar-refractivity contribution in [2.75, 3.05) is 7.05 Å². The maximum Gasteiger partial charge on any atom is 0.234 e. The second-order valence-corrected chi connectivity index (χ2v) is 2.29. The van der Waals surface area contributed by atoms with Gasteiger partial charge in [0.1, 0.15) is 0 Å². The van der Waals surface area contributed by atoms with E-state index in [9.17, 15) is 4.79 Å². The first-order valence-corrected chi connectivity index (χ1v) is 3.50. The van der Waals surface area contributed by atoms with E-state index in [0.29, 0.717) is 12.1 Å². The van der Waals surface area contributed by atoms with E-state index in [4.69, 9.17) is 11.5 Å². The van der Waals surface area contributed by atoms with Gasteiger partial charge in [-0.2, -0.15) is 0 Å². The molecule has 0 saturated heterocycles. The lowest BCUT2D eigenvalue weighted by molar-refractivity contribution is -0.119. The minimum atomic E-state index is -0.429. The van der Waals surface area contributed by atoms with E-state index in [0.717, 1.165) is 6.34 Å². The van der Waals surface area contributed by atoms with Crippen molar-refractivity contribution in [3.05, 3.63) is 12.3 Å². The molecular formula is C7H14N4O. The van der Waals surface area contributed by atoms with Gasteiger partial charge in [-0.1, -0.05) is 6.58 Å². The molecule has 0 saturated carbocycles. The first-order valence-electron chi connectivity index (χ1n) is 3.50. The molecule has 1 atom stereocenters. The van der Waals surface area contributed by atoms with Crippen molar-refractivity contribution >= 4 is 12.2 Å². The molecule has 0 bridgehead atoms. The van der Waals surface area contributed by atoms with Gasteiger partial charge in [-0.25, -0.2) is 4.99 Å². The minimum absolute atomic E-state index is 0.375. The number of amides is 1. The number of nitrogens with two attached hydrogens (primary N) is 2. The smallest absolute Gasteiger partial charge is 0.234 e. The lowest BCUT2D eigenvalue weighted by atomic mass is 10.1. The van der Waals surface area contributed by atoms with Crippen molar-refractivity contribution in [2.45, 2.75) is 12.5 Å². The fraction of sp³-hybridized carbons (Fsp3) is 0.429. The molecule has 0 fully saturated rings. The second kappa shape index (κ2) is 5.31. The van der Waals surface area contributed by atoms with E-state index in [-0.39, 0.29) is 0 Å². The first kappa shape index (κ1) is 10.6. The molecule has 5 heteroatoms. The van der Waals surface area contributed by atoms with Gasteiger partial charge < -0.3 is 16.8 Å². The monoisotopic (exact) mass is 170 g/mol. The van der Waals surface area contributed by atoms with Gasteiger partial charge in [-0.15, -0.1) is 0 Å². The summed E-state index contributed by atoms with van der Waals surface area (Å²) in [5.74, 6) is -0.425. The predicted molar refractivity (Wildman–Crippen MR) is 48.5 cm³/mol. The summed E-state index contributed by atoms with van der Waals surface area (Å²) >= 11 is 0. The summed E-state index contributed by atoms with van der Waals surface area (Å²) in [6.45, 7) is 3.59. The Morgan fingerprint density at radius 1 is 1.83 bits per heavy atom. The molecule has 12 heavy (non-hydrogen) atoms. The Labute approximate surface area is 71.5 Å². The van der Waals surface area contributed by atoms with Gasteiger partial charge in [0.05, 0.1) is 12.4 Å². The van der Waals surface area contributed by atoms with E-state index in [1.165, 1.54) is 0 Å². The average Bonchev–Trinajstić information content (AvgIpc) is 2.00. The quantitative estimate of drug-likeness (QED) is 0.363. The molecule has 0 aromatic heterocycles. The number of aliphatic imine (C=N–C) groups is 1. The Morgan fingerprint density at radius 2 is 2.42 bits per heavy atom. The molecular weight excluding hydrogens is 156 g/mol. The van der Waals surface area contributed by atoms with Crippen LogP contribution in [0.2, 0.25) is 0 Å². The van der Waals surface area contributed by atoms with Crippen LogP contribution < -0.4 is 16.8 Å². The van der Waals surface area contributed by atoms with Crippen LogP contribution in [0, 0.1) is 0 Å². The topological polar surface area (TPSA) is 93.5 Å². The Balaban J connectivity index is 4.03. The summed E-state index contributed by atoms with van der Waals surface area (Å²) in [5.41, 5.74) is 10.6. The first-order chi connectivity index (χ1) is 5.61. The van der Waals surface area contributed by atoms with Gasteiger partial charge in [0, 0.05) is 12.1 Å². The van der Waals surface area contributed by atoms with Crippen LogP contribution in [0.15, 0.2) is 17.3 Å². The summed E-state index contributed by atoms with van der Waals surface area (Å²) in [6, 6.07) is -0.429. The van der Waals surface area contributed by atoms with E-state index in [2.05, 4.69) is 16.9 Å². The van der Waals surface area contributed by atoms with Crippen molar-refractivity contribution in [3.8, 4) is 0 Å². The standard InChI is InChI=1S/C7H14N4O/c1-5(11-4-8)3-6(10-2)7(9)12/h4,6,10H,1,3H2,2H3,(H2,8,11)(H2,9,12). The van der Waals surface area contributed by atoms with Crippen molar-refractivity contribution < 1.29 is 4.79 Å². The zero-order valence-electron chi connectivity index (χ0n) is 7.08. The number of rotatable bonds is 5. The Kier molecular flexibility index (Phi) is 4.71. The second-order valence-electron chi connectivity index (χ2n) is 2.29. The van der Waals surface area contributed by atoms with Gasteiger partial charge in [-0.05, 0) is 7.05 Å². The third-order valence-electron chi connectivity index (χ3n) is 1.39. The summed E-state index contributed by atoms with van der Waals surface area (Å²) < 4.78 is 0. The molecule has 68 valence electrons. The number of hydrogen-bond donors (Lipinski definition) is 3. The molecule has 0 aromatic rings. The molecule has 0 aliphatic heterocycles. The Hall–Kier alpha value is -1.36. The number of primary amides is 1. The van der Waals surface area contributed by atoms with Crippen LogP contribution in [0.3, 0.4) is 0 Å². The molecule has 0 aliphatic carbocycles. The van der Waals surface area contributed by atoms with Crippen LogP contribution in [0.4, 0.5) is 0 Å². The van der Waals surface area contributed by atoms with Gasteiger partial charge >= 0.3 is 0 Å². The molecule has 1 amide bonds. The highest BCUT2D eigenvalue weighted by Crippen LogP contribution is 2.02. The molecule has 0 aliphatic rings. The van der Waals surface area contributed by atoms with Gasteiger partial charge in [0.15, 0.2) is 0 Å². The predicted octanol–water partition coefficient (Wildman–Crippen LogP) is -1.05. The normalized spacial score (nSPS) is 13.1. The van der Waals surface area contributed by atoms with Gasteiger partial charge in [-0.3, -0.25) is 4.79 Å². The third kappa shape index (κ3) is 3.72. The lowest BCUT2D eigenvalue weighted by Gasteiger charge is -2.10. The molecule has 5 nitrogen and oxygen atoms in total. The van der Waals surface area contributed by atoms with Crippen molar-refractivity contribution in [1.82, 2.24) is 5.32 Å². The van der Waals surface area contributed by atoms with E-state index in [1.54, 1.807) is 7.05 Å². The zero-order chi connectivity index (χ0) is 9.56. The van der Waals surface area contributed by atoms with E-state index in [1.807, 2.05) is 0 Å². The number of nitrogens with zero attached hydrogens (tertiary/aromatic N) is 1. The zero-order valence-corrected chi connectivity index (χ0v) is 7.08. The van der Waals surface area contributed by atoms with Crippen molar-refractivity contribution in [3.63, 3.8) is 0 Å². The average molecular weight is 170 g/mol. The van der Waals surface area contributed by atoms with E-state index >= 15 is 0 Å². The summed E-state index contributed by atoms with van der Waals surface area (Å²) in [7, 11) is 1.65. The van der Waals surface area contributed by atoms with Gasteiger partial charge in [0.2, 0.25) is 5.91 Å². The number of likely N-dealkylation sites (N-methyl/N-ethyl adjacent to an activating group) is 1. The molecule has 5 N–H and O–H groups in total. The summed E-state index contributed by atoms with van der Waals surface area (Å²) in [5, 5.41) is 2.74. The highest BCUT2D eigenvalue weighted by Gasteiger charge is 2.12. The molecule has 0 rings (SSSR count). The Morgan fingerprint density at radius 3 is 2.75 bits per heavy atom. The number of carbonyl (C=O) groups is 1. The molecule has 0 radical (unpaired) electrons. The van der Waals surface area contributed by atoms with E-state index < -0.39 is 11.9 Å². The Bertz CT molecular complexity index is 200. The van der Waals surface area contributed by atoms with Crippen LogP contribution in [0.25, 0.3) is 0 Å². The highest BCUT2D eigenvalue weighted by atomic mass is 16.1. The maximum atomic E-state index is 10.7. The lowest BCUT2D eigenvalue weighted by Crippen LogP contribution is -2.39. The van der Waals surface area contributed by atoms with Crippen LogP contribution in [-0.2, 0) is 4.79 Å². The number of nitrogens with one attached hydrogen (secondary N) is 1. The molecule has 1 unspecified atom stereocenters. The van der Waals surface area contributed by atoms with Crippen LogP contribution >= 0.6 is 0 Å². The number of carbonyl (C=O) groups excluding carboxylic acids is 1. The summed E-state index contributed by atoms with van der Waals surface area (Å²) in [4.78, 5) is 14.4. The fourth-order valence-corrected chi connectivity index (χ4v) is 0.739. The highest BCUT2D eigenvalue weighted by molar-refractivity contribution is 5.80. The van der Waals surface area contributed by atoms with Crippen molar-refractivity contribution in [1.29, 1.82) is 0 Å². The van der Waals surface area contributed by atoms with Crippen LogP contribution in [0.5, 0.6) is 0 Å². The summed E-state index contributed by atoms with van der Waals surface area (Å²) in [6.07, 6.45) is 1.51. The van der Waals surface area contributed by atoms with Crippen LogP contribution in [0.1, 0.15) is 6.42 Å². The molecule has 0 spiro atoms. The molecule has 0 aromatic carbocycles. The van der Waals surface area contributed by atoms with Crippen molar-refractivity contribution in [2.24, 2.45) is 16.5 Å². The largest absolute Gasteiger partial charge is 0.390 e. The third-order valence-corrected chi connectivity index (χ3v) is 1.39.